The Hall–Kier alpha value is -4.05. The number of thiazole rings is 1. The summed E-state index contributed by atoms with van der Waals surface area (Å²) >= 11 is 1.22. The molecular weight excluding hydrogens is 484 g/mol. The van der Waals surface area contributed by atoms with Crippen LogP contribution in [-0.2, 0) is 9.53 Å². The number of carbonyl (C=O) groups is 1. The molecule has 5 rings (SSSR count). The molecule has 36 heavy (non-hydrogen) atoms. The first-order chi connectivity index (χ1) is 17.4. The molecule has 0 saturated carbocycles. The van der Waals surface area contributed by atoms with E-state index in [9.17, 15) is 14.7 Å². The van der Waals surface area contributed by atoms with Crippen molar-refractivity contribution in [2.45, 2.75) is 26.8 Å². The minimum absolute atomic E-state index is 0.0213. The molecule has 0 bridgehead atoms. The van der Waals surface area contributed by atoms with Crippen molar-refractivity contribution in [2.75, 3.05) is 20.0 Å². The first-order valence-corrected chi connectivity index (χ1v) is 12.3. The monoisotopic (exact) mass is 508 g/mol. The molecule has 0 spiro atoms. The standard InChI is InChI=1S/C26H24N2O7S/c1-4-32-19-10-15(6-8-17(19)29)11-21-24(30)28-23(16-7-9-18-20(12-16)35-13-34-18)22(25(31)33-5-2)14(3)27-26(28)36-21/h6-12,23,29H,4-5,13H2,1-3H3/b21-11-. The van der Waals surface area contributed by atoms with Crippen molar-refractivity contribution >= 4 is 23.4 Å². The van der Waals surface area contributed by atoms with E-state index in [2.05, 4.69) is 4.99 Å². The highest BCUT2D eigenvalue weighted by Gasteiger charge is 2.34. The van der Waals surface area contributed by atoms with Gasteiger partial charge in [0.25, 0.3) is 5.56 Å². The molecule has 3 heterocycles. The number of fused-ring (bicyclic) bond motifs is 2. The molecule has 1 unspecified atom stereocenters. The highest BCUT2D eigenvalue weighted by Crippen LogP contribution is 2.38. The third-order valence-electron chi connectivity index (χ3n) is 5.81. The topological polar surface area (TPSA) is 109 Å². The van der Waals surface area contributed by atoms with Crippen molar-refractivity contribution < 1.29 is 28.8 Å². The van der Waals surface area contributed by atoms with Crippen molar-refractivity contribution in [2.24, 2.45) is 4.99 Å². The molecule has 0 fully saturated rings. The second-order valence-electron chi connectivity index (χ2n) is 8.08. The molecule has 3 aromatic rings. The van der Waals surface area contributed by atoms with Crippen LogP contribution < -0.4 is 29.1 Å². The summed E-state index contributed by atoms with van der Waals surface area (Å²) < 4.78 is 23.7. The van der Waals surface area contributed by atoms with E-state index in [1.165, 1.54) is 22.0 Å². The third kappa shape index (κ3) is 4.13. The van der Waals surface area contributed by atoms with Crippen molar-refractivity contribution in [1.29, 1.82) is 0 Å². The molecular formula is C26H24N2O7S. The molecule has 1 atom stereocenters. The van der Waals surface area contributed by atoms with Gasteiger partial charge in [-0.05, 0) is 62.2 Å². The summed E-state index contributed by atoms with van der Waals surface area (Å²) in [7, 11) is 0. The number of carbonyl (C=O) groups excluding carboxylic acids is 1. The number of rotatable bonds is 6. The second kappa shape index (κ2) is 9.54. The van der Waals surface area contributed by atoms with E-state index in [0.29, 0.717) is 50.0 Å². The van der Waals surface area contributed by atoms with E-state index < -0.39 is 12.0 Å². The Balaban J connectivity index is 1.69. The Morgan fingerprint density at radius 3 is 2.78 bits per heavy atom. The van der Waals surface area contributed by atoms with Crippen molar-refractivity contribution in [3.05, 3.63) is 78.5 Å². The normalized spacial score (nSPS) is 16.5. The number of hydrogen-bond donors (Lipinski definition) is 1. The SMILES string of the molecule is CCOC(=O)C1=C(C)N=c2s/c(=C\c3ccc(O)c(OCC)c3)c(=O)n2C1c1ccc2c(c1)OCO2. The Kier molecular flexibility index (Phi) is 6.27. The lowest BCUT2D eigenvalue weighted by Gasteiger charge is -2.24. The van der Waals surface area contributed by atoms with Gasteiger partial charge in [0.1, 0.15) is 0 Å². The van der Waals surface area contributed by atoms with Gasteiger partial charge < -0.3 is 24.1 Å². The van der Waals surface area contributed by atoms with Crippen LogP contribution in [0.15, 0.2) is 57.5 Å². The average Bonchev–Trinajstić information content (AvgIpc) is 3.44. The number of allylic oxidation sites excluding steroid dienone is 1. The summed E-state index contributed by atoms with van der Waals surface area (Å²) in [6, 6.07) is 9.47. The third-order valence-corrected chi connectivity index (χ3v) is 6.79. The first-order valence-electron chi connectivity index (χ1n) is 11.5. The van der Waals surface area contributed by atoms with Crippen molar-refractivity contribution in [1.82, 2.24) is 4.57 Å². The second-order valence-corrected chi connectivity index (χ2v) is 9.08. The number of phenols is 1. The predicted molar refractivity (Wildman–Crippen MR) is 132 cm³/mol. The molecule has 2 aliphatic heterocycles. The number of esters is 1. The predicted octanol–water partition coefficient (Wildman–Crippen LogP) is 2.63. The maximum Gasteiger partial charge on any atom is 0.338 e. The number of benzene rings is 2. The van der Waals surface area contributed by atoms with Crippen LogP contribution in [0.25, 0.3) is 6.08 Å². The van der Waals surface area contributed by atoms with E-state index in [0.717, 1.165) is 0 Å². The van der Waals surface area contributed by atoms with E-state index >= 15 is 0 Å². The average molecular weight is 509 g/mol. The van der Waals surface area contributed by atoms with E-state index in [-0.39, 0.29) is 30.3 Å². The van der Waals surface area contributed by atoms with E-state index in [1.807, 2.05) is 13.0 Å². The molecule has 186 valence electrons. The van der Waals surface area contributed by atoms with E-state index in [1.54, 1.807) is 44.2 Å². The number of hydrogen-bond acceptors (Lipinski definition) is 9. The molecule has 2 aliphatic rings. The summed E-state index contributed by atoms with van der Waals surface area (Å²) in [5.41, 5.74) is 1.82. The molecule has 2 aromatic carbocycles. The number of phenolic OH excluding ortho intramolecular Hbond substituents is 1. The van der Waals surface area contributed by atoms with Crippen LogP contribution in [0.1, 0.15) is 37.9 Å². The Morgan fingerprint density at radius 2 is 2.00 bits per heavy atom. The zero-order valence-electron chi connectivity index (χ0n) is 19.9. The Morgan fingerprint density at radius 1 is 1.19 bits per heavy atom. The van der Waals surface area contributed by atoms with Gasteiger partial charge in [0.2, 0.25) is 6.79 Å². The highest BCUT2D eigenvalue weighted by molar-refractivity contribution is 7.07. The number of nitrogens with zero attached hydrogens (tertiary/aromatic N) is 2. The van der Waals surface area contributed by atoms with Crippen LogP contribution in [-0.4, -0.2) is 35.6 Å². The fourth-order valence-corrected chi connectivity index (χ4v) is 5.28. The highest BCUT2D eigenvalue weighted by atomic mass is 32.1. The van der Waals surface area contributed by atoms with Gasteiger partial charge in [0.05, 0.1) is 35.1 Å². The lowest BCUT2D eigenvalue weighted by molar-refractivity contribution is -0.139. The summed E-state index contributed by atoms with van der Waals surface area (Å²) in [6.07, 6.45) is 1.71. The molecule has 1 N–H and O–H groups in total. The number of aromatic nitrogens is 1. The fourth-order valence-electron chi connectivity index (χ4n) is 4.23. The Bertz CT molecular complexity index is 1570. The fraction of sp³-hybridized carbons (Fsp3) is 0.269. The molecule has 1 aromatic heterocycles. The summed E-state index contributed by atoms with van der Waals surface area (Å²) in [6.45, 7) is 5.98. The molecule has 0 saturated heterocycles. The maximum absolute atomic E-state index is 13.7. The first kappa shape index (κ1) is 23.7. The molecule has 10 heteroatoms. The molecule has 9 nitrogen and oxygen atoms in total. The van der Waals surface area contributed by atoms with Crippen LogP contribution in [0.5, 0.6) is 23.0 Å². The summed E-state index contributed by atoms with van der Waals surface area (Å²) in [5, 5.41) is 10.0. The number of aromatic hydroxyl groups is 1. The lowest BCUT2D eigenvalue weighted by atomic mass is 9.95. The van der Waals surface area contributed by atoms with Crippen LogP contribution in [0, 0.1) is 0 Å². The maximum atomic E-state index is 13.7. The van der Waals surface area contributed by atoms with Crippen molar-refractivity contribution in [3.63, 3.8) is 0 Å². The molecule has 0 amide bonds. The minimum Gasteiger partial charge on any atom is -0.504 e. The van der Waals surface area contributed by atoms with Gasteiger partial charge in [0, 0.05) is 0 Å². The van der Waals surface area contributed by atoms with Crippen LogP contribution in [0.2, 0.25) is 0 Å². The van der Waals surface area contributed by atoms with Gasteiger partial charge in [-0.3, -0.25) is 9.36 Å². The molecule has 0 aliphatic carbocycles. The van der Waals surface area contributed by atoms with Crippen molar-refractivity contribution in [3.8, 4) is 23.0 Å². The van der Waals surface area contributed by atoms with Gasteiger partial charge in [-0.2, -0.15) is 0 Å². The summed E-state index contributed by atoms with van der Waals surface area (Å²) in [5.74, 6) is 0.961. The largest absolute Gasteiger partial charge is 0.504 e. The molecule has 0 radical (unpaired) electrons. The zero-order chi connectivity index (χ0) is 25.4. The van der Waals surface area contributed by atoms with Gasteiger partial charge >= 0.3 is 5.97 Å². The zero-order valence-corrected chi connectivity index (χ0v) is 20.8. The van der Waals surface area contributed by atoms with Gasteiger partial charge in [0.15, 0.2) is 27.8 Å². The number of ether oxygens (including phenoxy) is 4. The van der Waals surface area contributed by atoms with Gasteiger partial charge in [-0.1, -0.05) is 23.5 Å². The lowest BCUT2D eigenvalue weighted by Crippen LogP contribution is -2.39. The minimum atomic E-state index is -0.754. The van der Waals surface area contributed by atoms with E-state index in [4.69, 9.17) is 18.9 Å². The smallest absolute Gasteiger partial charge is 0.338 e. The van der Waals surface area contributed by atoms with Crippen LogP contribution >= 0.6 is 11.3 Å². The van der Waals surface area contributed by atoms with Gasteiger partial charge in [-0.25, -0.2) is 9.79 Å². The summed E-state index contributed by atoms with van der Waals surface area (Å²) in [4.78, 5) is 31.8. The van der Waals surface area contributed by atoms with Crippen LogP contribution in [0.4, 0.5) is 0 Å². The van der Waals surface area contributed by atoms with Crippen LogP contribution in [0.3, 0.4) is 0 Å². The van der Waals surface area contributed by atoms with Gasteiger partial charge in [-0.15, -0.1) is 0 Å². The quantitative estimate of drug-likeness (QED) is 0.510. The Labute approximate surface area is 210 Å².